The van der Waals surface area contributed by atoms with Crippen LogP contribution >= 0.6 is 0 Å². The number of anilines is 1. The largest absolute Gasteiger partial charge is 0.405 e. The number of carbonyl (C=O) groups excluding carboxylic acids is 2. The SMILES string of the molecule is Cc1n[nH]c(C)c1-c1ccc(NC(=O)[C@@H](NC(=O)C(/C=C\N)=NCC=C2CCC2)C2CCCCC2)cn1. The smallest absolute Gasteiger partial charge is 0.270 e. The molecule has 9 heteroatoms. The second kappa shape index (κ2) is 12.5. The van der Waals surface area contributed by atoms with E-state index >= 15 is 0 Å². The summed E-state index contributed by atoms with van der Waals surface area (Å²) in [5, 5.41) is 13.1. The van der Waals surface area contributed by atoms with Gasteiger partial charge in [-0.1, -0.05) is 30.9 Å². The van der Waals surface area contributed by atoms with Gasteiger partial charge in [0.25, 0.3) is 5.91 Å². The average molecular weight is 504 g/mol. The normalized spacial score (nSPS) is 17.4. The van der Waals surface area contributed by atoms with Crippen LogP contribution in [0.3, 0.4) is 0 Å². The lowest BCUT2D eigenvalue weighted by molar-refractivity contribution is -0.124. The number of pyridine rings is 1. The van der Waals surface area contributed by atoms with Crippen LogP contribution < -0.4 is 16.4 Å². The van der Waals surface area contributed by atoms with Crippen LogP contribution in [0.5, 0.6) is 0 Å². The van der Waals surface area contributed by atoms with Crippen LogP contribution in [0.15, 0.2) is 47.2 Å². The van der Waals surface area contributed by atoms with E-state index in [1.807, 2.05) is 26.0 Å². The van der Waals surface area contributed by atoms with Crippen molar-refractivity contribution in [3.63, 3.8) is 0 Å². The molecular formula is C28H37N7O2. The van der Waals surface area contributed by atoms with Crippen molar-refractivity contribution in [3.05, 3.63) is 53.6 Å². The van der Waals surface area contributed by atoms with Gasteiger partial charge in [0.05, 0.1) is 29.8 Å². The lowest BCUT2D eigenvalue weighted by atomic mass is 9.83. The maximum Gasteiger partial charge on any atom is 0.270 e. The second-order valence-corrected chi connectivity index (χ2v) is 9.88. The van der Waals surface area contributed by atoms with Crippen LogP contribution in [0, 0.1) is 19.8 Å². The fourth-order valence-electron chi connectivity index (χ4n) is 4.99. The summed E-state index contributed by atoms with van der Waals surface area (Å²) in [4.78, 5) is 35.6. The van der Waals surface area contributed by atoms with Crippen LogP contribution in [0.2, 0.25) is 0 Å². The molecule has 2 aliphatic rings. The van der Waals surface area contributed by atoms with Crippen molar-refractivity contribution < 1.29 is 9.59 Å². The highest BCUT2D eigenvalue weighted by Crippen LogP contribution is 2.28. The fourth-order valence-corrected chi connectivity index (χ4v) is 4.99. The van der Waals surface area contributed by atoms with E-state index in [1.54, 1.807) is 6.20 Å². The minimum Gasteiger partial charge on any atom is -0.405 e. The summed E-state index contributed by atoms with van der Waals surface area (Å²) in [7, 11) is 0. The number of amides is 2. The molecule has 2 aromatic heterocycles. The van der Waals surface area contributed by atoms with Crippen LogP contribution in [0.4, 0.5) is 5.69 Å². The number of aromatic nitrogens is 3. The molecule has 0 bridgehead atoms. The molecular weight excluding hydrogens is 466 g/mol. The first kappa shape index (κ1) is 26.3. The zero-order valence-electron chi connectivity index (χ0n) is 21.7. The van der Waals surface area contributed by atoms with Crippen LogP contribution in [0.25, 0.3) is 11.3 Å². The van der Waals surface area contributed by atoms with E-state index in [9.17, 15) is 9.59 Å². The zero-order chi connectivity index (χ0) is 26.2. The maximum absolute atomic E-state index is 13.4. The Labute approximate surface area is 218 Å². The Balaban J connectivity index is 1.47. The molecule has 0 spiro atoms. The quantitative estimate of drug-likeness (QED) is 0.301. The molecule has 5 N–H and O–H groups in total. The van der Waals surface area contributed by atoms with Gasteiger partial charge in [-0.05, 0) is 76.3 Å². The van der Waals surface area contributed by atoms with Crippen LogP contribution in [-0.2, 0) is 9.59 Å². The summed E-state index contributed by atoms with van der Waals surface area (Å²) < 4.78 is 0. The highest BCUT2D eigenvalue weighted by molar-refractivity contribution is 6.43. The van der Waals surface area contributed by atoms with Crippen molar-refractivity contribution in [2.45, 2.75) is 71.3 Å². The van der Waals surface area contributed by atoms with Crippen LogP contribution in [-0.4, -0.2) is 45.3 Å². The fraction of sp³-hybridized carbons (Fsp3) is 0.464. The molecule has 2 saturated carbocycles. The van der Waals surface area contributed by atoms with Gasteiger partial charge < -0.3 is 16.4 Å². The Hall–Kier alpha value is -3.75. The van der Waals surface area contributed by atoms with Gasteiger partial charge in [0.2, 0.25) is 5.91 Å². The summed E-state index contributed by atoms with van der Waals surface area (Å²) in [6, 6.07) is 3.01. The third kappa shape index (κ3) is 6.72. The monoisotopic (exact) mass is 503 g/mol. The summed E-state index contributed by atoms with van der Waals surface area (Å²) in [6.45, 7) is 4.30. The molecule has 0 aromatic carbocycles. The molecule has 2 aliphatic carbocycles. The van der Waals surface area contributed by atoms with Crippen molar-refractivity contribution in [1.82, 2.24) is 20.5 Å². The molecule has 2 fully saturated rings. The highest BCUT2D eigenvalue weighted by Gasteiger charge is 2.32. The Morgan fingerprint density at radius 1 is 1.19 bits per heavy atom. The van der Waals surface area contributed by atoms with Gasteiger partial charge in [-0.25, -0.2) is 0 Å². The topological polar surface area (TPSA) is 138 Å². The number of aryl methyl sites for hydroxylation is 2. The van der Waals surface area contributed by atoms with Gasteiger partial charge in [-0.2, -0.15) is 5.10 Å². The number of aromatic amines is 1. The third-order valence-corrected chi connectivity index (χ3v) is 7.23. The van der Waals surface area contributed by atoms with E-state index in [1.165, 1.54) is 24.3 Å². The molecule has 37 heavy (non-hydrogen) atoms. The molecule has 0 aliphatic heterocycles. The standard InChI is InChI=1S/C28H37N7O2/c1-18-25(19(2)35-34-18)23-12-11-22(17-31-23)32-28(37)26(21-9-4-3-5-10-21)33-27(36)24(13-15-29)30-16-14-20-7-6-8-20/h11-15,17,21,26H,3-10,16,29H2,1-2H3,(H,32,37)(H,33,36)(H,34,35)/b15-13-,30-24?/t26-/m0/s1. The van der Waals surface area contributed by atoms with Gasteiger partial charge in [0, 0.05) is 11.3 Å². The van der Waals surface area contributed by atoms with Gasteiger partial charge in [-0.15, -0.1) is 0 Å². The number of aliphatic imine (C=N–C) groups is 1. The molecule has 0 saturated heterocycles. The molecule has 2 heterocycles. The number of rotatable bonds is 9. The third-order valence-electron chi connectivity index (χ3n) is 7.23. The number of hydrogen-bond donors (Lipinski definition) is 4. The van der Waals surface area contributed by atoms with E-state index in [4.69, 9.17) is 5.73 Å². The van der Waals surface area contributed by atoms with E-state index in [0.29, 0.717) is 12.2 Å². The van der Waals surface area contributed by atoms with Gasteiger partial charge in [0.15, 0.2) is 0 Å². The molecule has 0 radical (unpaired) electrons. The Morgan fingerprint density at radius 2 is 1.97 bits per heavy atom. The predicted octanol–water partition coefficient (Wildman–Crippen LogP) is 4.12. The van der Waals surface area contributed by atoms with Crippen LogP contribution in [0.1, 0.15) is 62.8 Å². The summed E-state index contributed by atoms with van der Waals surface area (Å²) >= 11 is 0. The molecule has 2 aromatic rings. The van der Waals surface area contributed by atoms with Gasteiger partial charge >= 0.3 is 0 Å². The van der Waals surface area contributed by atoms with E-state index in [2.05, 4.69) is 36.9 Å². The molecule has 1 atom stereocenters. The summed E-state index contributed by atoms with van der Waals surface area (Å²) in [5.41, 5.74) is 11.3. The number of allylic oxidation sites excluding steroid dienone is 1. The Bertz CT molecular complexity index is 1160. The van der Waals surface area contributed by atoms with E-state index in [0.717, 1.165) is 67.6 Å². The van der Waals surface area contributed by atoms with Crippen molar-refractivity contribution in [2.75, 3.05) is 11.9 Å². The Morgan fingerprint density at radius 3 is 2.57 bits per heavy atom. The average Bonchev–Trinajstić information content (AvgIpc) is 3.21. The number of nitrogens with zero attached hydrogens (tertiary/aromatic N) is 3. The highest BCUT2D eigenvalue weighted by atomic mass is 16.2. The number of H-pyrrole nitrogens is 1. The van der Waals surface area contributed by atoms with Crippen molar-refractivity contribution in [2.24, 2.45) is 16.6 Å². The zero-order valence-corrected chi connectivity index (χ0v) is 21.7. The van der Waals surface area contributed by atoms with Crippen molar-refractivity contribution >= 4 is 23.2 Å². The first-order valence-corrected chi connectivity index (χ1v) is 13.2. The molecule has 2 amide bonds. The Kier molecular flexibility index (Phi) is 8.87. The number of nitrogens with two attached hydrogens (primary N) is 1. The van der Waals surface area contributed by atoms with Gasteiger partial charge in [0.1, 0.15) is 11.8 Å². The number of hydrogen-bond acceptors (Lipinski definition) is 6. The van der Waals surface area contributed by atoms with Crippen molar-refractivity contribution in [1.29, 1.82) is 0 Å². The van der Waals surface area contributed by atoms with E-state index in [-0.39, 0.29) is 23.4 Å². The molecule has 4 rings (SSSR count). The minimum atomic E-state index is -0.674. The van der Waals surface area contributed by atoms with Gasteiger partial charge in [-0.3, -0.25) is 24.7 Å². The second-order valence-electron chi connectivity index (χ2n) is 9.88. The molecule has 0 unspecified atom stereocenters. The maximum atomic E-state index is 13.4. The first-order chi connectivity index (χ1) is 18.0. The minimum absolute atomic E-state index is 0.0568. The molecule has 196 valence electrons. The number of carbonyl (C=O) groups is 2. The first-order valence-electron chi connectivity index (χ1n) is 13.2. The number of nitrogens with one attached hydrogen (secondary N) is 3. The van der Waals surface area contributed by atoms with Crippen molar-refractivity contribution in [3.8, 4) is 11.3 Å². The summed E-state index contributed by atoms with van der Waals surface area (Å²) in [6.07, 6.45) is 14.9. The van der Waals surface area contributed by atoms with E-state index < -0.39 is 6.04 Å². The molecule has 9 nitrogen and oxygen atoms in total. The lowest BCUT2D eigenvalue weighted by Gasteiger charge is -2.30. The summed E-state index contributed by atoms with van der Waals surface area (Å²) in [5.74, 6) is -0.585. The predicted molar refractivity (Wildman–Crippen MR) is 146 cm³/mol. The lowest BCUT2D eigenvalue weighted by Crippen LogP contribution is -2.50.